The molecule has 0 bridgehead atoms. The molecule has 0 amide bonds. The third-order valence-electron chi connectivity index (χ3n) is 4.12. The van der Waals surface area contributed by atoms with E-state index < -0.39 is 0 Å². The first kappa shape index (κ1) is 12.6. The molecule has 1 aromatic carbocycles. The molecule has 1 saturated heterocycles. The summed E-state index contributed by atoms with van der Waals surface area (Å²) in [5.41, 5.74) is 1.04. The lowest BCUT2D eigenvalue weighted by Crippen LogP contribution is -2.45. The van der Waals surface area contributed by atoms with Crippen LogP contribution < -0.4 is 0 Å². The standard InChI is InChI=1S/C15H23NO/c1-3-4-11-16-12-10-14(17)15(16,2)13-8-6-5-7-9-13/h5-9,14,17H,3-4,10-12H2,1-2H3/t14-,15-/m0/s1. The predicted molar refractivity (Wildman–Crippen MR) is 70.9 cm³/mol. The number of benzene rings is 1. The SMILES string of the molecule is CCCCN1CC[C@H](O)[C@]1(C)c1ccccc1. The van der Waals surface area contributed by atoms with Crippen molar-refractivity contribution in [3.8, 4) is 0 Å². The maximum Gasteiger partial charge on any atom is 0.0775 e. The number of aliphatic hydroxyl groups is 1. The van der Waals surface area contributed by atoms with Crippen molar-refractivity contribution in [2.45, 2.75) is 44.8 Å². The van der Waals surface area contributed by atoms with Crippen molar-refractivity contribution >= 4 is 0 Å². The van der Waals surface area contributed by atoms with Crippen LogP contribution in [0.15, 0.2) is 30.3 Å². The maximum absolute atomic E-state index is 10.3. The summed E-state index contributed by atoms with van der Waals surface area (Å²) < 4.78 is 0. The minimum absolute atomic E-state index is 0.198. The molecule has 1 aliphatic rings. The zero-order valence-corrected chi connectivity index (χ0v) is 10.9. The van der Waals surface area contributed by atoms with Crippen LogP contribution in [0, 0.1) is 0 Å². The maximum atomic E-state index is 10.3. The first-order chi connectivity index (χ1) is 8.19. The van der Waals surface area contributed by atoms with Crippen LogP contribution in [0.5, 0.6) is 0 Å². The van der Waals surface area contributed by atoms with Crippen molar-refractivity contribution in [3.63, 3.8) is 0 Å². The number of rotatable bonds is 4. The molecule has 1 fully saturated rings. The van der Waals surface area contributed by atoms with Gasteiger partial charge in [-0.1, -0.05) is 43.7 Å². The predicted octanol–water partition coefficient (Wildman–Crippen LogP) is 2.77. The summed E-state index contributed by atoms with van der Waals surface area (Å²) in [6.07, 6.45) is 3.04. The summed E-state index contributed by atoms with van der Waals surface area (Å²) in [6.45, 7) is 6.48. The molecule has 17 heavy (non-hydrogen) atoms. The Morgan fingerprint density at radius 1 is 1.35 bits per heavy atom. The second kappa shape index (κ2) is 5.19. The van der Waals surface area contributed by atoms with Crippen molar-refractivity contribution < 1.29 is 5.11 Å². The molecule has 1 aliphatic heterocycles. The van der Waals surface area contributed by atoms with E-state index in [-0.39, 0.29) is 11.6 Å². The highest BCUT2D eigenvalue weighted by Crippen LogP contribution is 2.38. The third-order valence-corrected chi connectivity index (χ3v) is 4.12. The zero-order valence-electron chi connectivity index (χ0n) is 10.9. The van der Waals surface area contributed by atoms with Gasteiger partial charge >= 0.3 is 0 Å². The Balaban J connectivity index is 2.25. The molecule has 0 aromatic heterocycles. The van der Waals surface area contributed by atoms with Gasteiger partial charge in [0.2, 0.25) is 0 Å². The highest BCUT2D eigenvalue weighted by molar-refractivity contribution is 5.27. The summed E-state index contributed by atoms with van der Waals surface area (Å²) in [4.78, 5) is 2.44. The van der Waals surface area contributed by atoms with E-state index in [1.807, 2.05) is 6.07 Å². The summed E-state index contributed by atoms with van der Waals surface area (Å²) in [6, 6.07) is 10.4. The van der Waals surface area contributed by atoms with Gasteiger partial charge in [-0.3, -0.25) is 4.90 Å². The molecule has 2 rings (SSSR count). The van der Waals surface area contributed by atoms with Crippen LogP contribution in [0.3, 0.4) is 0 Å². The van der Waals surface area contributed by atoms with Gasteiger partial charge in [-0.15, -0.1) is 0 Å². The van der Waals surface area contributed by atoms with Gasteiger partial charge in [0.1, 0.15) is 0 Å². The molecule has 0 unspecified atom stereocenters. The van der Waals surface area contributed by atoms with E-state index in [1.165, 1.54) is 18.4 Å². The van der Waals surface area contributed by atoms with Gasteiger partial charge in [0.25, 0.3) is 0 Å². The fraction of sp³-hybridized carbons (Fsp3) is 0.600. The van der Waals surface area contributed by atoms with Gasteiger partial charge in [0, 0.05) is 6.54 Å². The van der Waals surface area contributed by atoms with Crippen LogP contribution >= 0.6 is 0 Å². The van der Waals surface area contributed by atoms with Crippen LogP contribution in [-0.4, -0.2) is 29.2 Å². The van der Waals surface area contributed by atoms with Crippen molar-refractivity contribution in [3.05, 3.63) is 35.9 Å². The molecular weight excluding hydrogens is 210 g/mol. The number of unbranched alkanes of at least 4 members (excludes halogenated alkanes) is 1. The molecule has 94 valence electrons. The lowest BCUT2D eigenvalue weighted by Gasteiger charge is -2.38. The van der Waals surface area contributed by atoms with Gasteiger partial charge in [-0.05, 0) is 31.9 Å². The second-order valence-corrected chi connectivity index (χ2v) is 5.16. The number of nitrogens with zero attached hydrogens (tertiary/aromatic N) is 1. The molecule has 2 atom stereocenters. The van der Waals surface area contributed by atoms with E-state index in [0.717, 1.165) is 19.5 Å². The average molecular weight is 233 g/mol. The Morgan fingerprint density at radius 2 is 2.06 bits per heavy atom. The Kier molecular flexibility index (Phi) is 3.85. The van der Waals surface area contributed by atoms with Gasteiger partial charge in [0.15, 0.2) is 0 Å². The Hall–Kier alpha value is -0.860. The highest BCUT2D eigenvalue weighted by Gasteiger charge is 2.44. The monoisotopic (exact) mass is 233 g/mol. The van der Waals surface area contributed by atoms with Crippen LogP contribution in [0.4, 0.5) is 0 Å². The Labute approximate surface area is 104 Å². The van der Waals surface area contributed by atoms with E-state index >= 15 is 0 Å². The first-order valence-electron chi connectivity index (χ1n) is 6.68. The fourth-order valence-corrected chi connectivity index (χ4v) is 2.85. The summed E-state index contributed by atoms with van der Waals surface area (Å²) in [7, 11) is 0. The molecule has 2 heteroatoms. The molecule has 2 nitrogen and oxygen atoms in total. The van der Waals surface area contributed by atoms with E-state index in [1.54, 1.807) is 0 Å². The minimum Gasteiger partial charge on any atom is -0.391 e. The fourth-order valence-electron chi connectivity index (χ4n) is 2.85. The molecule has 0 spiro atoms. The van der Waals surface area contributed by atoms with E-state index in [0.29, 0.717) is 0 Å². The lowest BCUT2D eigenvalue weighted by molar-refractivity contribution is 0.0375. The molecule has 0 radical (unpaired) electrons. The van der Waals surface area contributed by atoms with Crippen molar-refractivity contribution in [2.75, 3.05) is 13.1 Å². The number of aliphatic hydroxyl groups excluding tert-OH is 1. The van der Waals surface area contributed by atoms with Crippen molar-refractivity contribution in [1.29, 1.82) is 0 Å². The molecule has 0 aliphatic carbocycles. The van der Waals surface area contributed by atoms with E-state index in [4.69, 9.17) is 0 Å². The summed E-state index contributed by atoms with van der Waals surface area (Å²) in [5.74, 6) is 0. The minimum atomic E-state index is -0.248. The van der Waals surface area contributed by atoms with Gasteiger partial charge in [-0.2, -0.15) is 0 Å². The topological polar surface area (TPSA) is 23.5 Å². The molecular formula is C15H23NO. The summed E-state index contributed by atoms with van der Waals surface area (Å²) >= 11 is 0. The van der Waals surface area contributed by atoms with Crippen LogP contribution in [0.25, 0.3) is 0 Å². The molecule has 1 N–H and O–H groups in total. The quantitative estimate of drug-likeness (QED) is 0.864. The number of hydrogen-bond donors (Lipinski definition) is 1. The van der Waals surface area contributed by atoms with Crippen molar-refractivity contribution in [1.82, 2.24) is 4.90 Å². The van der Waals surface area contributed by atoms with Crippen LogP contribution in [-0.2, 0) is 5.54 Å². The van der Waals surface area contributed by atoms with Gasteiger partial charge in [-0.25, -0.2) is 0 Å². The lowest BCUT2D eigenvalue weighted by atomic mass is 9.87. The van der Waals surface area contributed by atoms with Gasteiger partial charge < -0.3 is 5.11 Å². The summed E-state index contributed by atoms with van der Waals surface area (Å²) in [5, 5.41) is 10.3. The normalized spacial score (nSPS) is 29.7. The Morgan fingerprint density at radius 3 is 2.71 bits per heavy atom. The highest BCUT2D eigenvalue weighted by atomic mass is 16.3. The first-order valence-corrected chi connectivity index (χ1v) is 6.68. The van der Waals surface area contributed by atoms with E-state index in [9.17, 15) is 5.11 Å². The van der Waals surface area contributed by atoms with Crippen molar-refractivity contribution in [2.24, 2.45) is 0 Å². The van der Waals surface area contributed by atoms with Crippen LogP contribution in [0.2, 0.25) is 0 Å². The third kappa shape index (κ3) is 2.24. The van der Waals surface area contributed by atoms with E-state index in [2.05, 4.69) is 43.0 Å². The molecule has 0 saturated carbocycles. The number of hydrogen-bond acceptors (Lipinski definition) is 2. The molecule has 1 aromatic rings. The zero-order chi connectivity index (χ0) is 12.3. The number of likely N-dealkylation sites (tertiary alicyclic amines) is 1. The largest absolute Gasteiger partial charge is 0.391 e. The smallest absolute Gasteiger partial charge is 0.0775 e. The Bertz CT molecular complexity index is 351. The second-order valence-electron chi connectivity index (χ2n) is 5.16. The average Bonchev–Trinajstić information content (AvgIpc) is 2.66. The van der Waals surface area contributed by atoms with Crippen LogP contribution in [0.1, 0.15) is 38.7 Å². The van der Waals surface area contributed by atoms with Gasteiger partial charge in [0.05, 0.1) is 11.6 Å². The molecule has 1 heterocycles.